The SMILES string of the molecule is CC(C)NCCCCO[Si](c1ccccc1)(c1ccccc1)C(C)(C)C. The molecule has 0 fully saturated rings. The molecule has 2 nitrogen and oxygen atoms in total. The predicted octanol–water partition coefficient (Wildman–Crippen LogP) is 4.34. The Balaban J connectivity index is 2.26. The van der Waals surface area contributed by atoms with Gasteiger partial charge in [-0.25, -0.2) is 0 Å². The lowest BCUT2D eigenvalue weighted by Crippen LogP contribution is -2.66. The number of unbranched alkanes of at least 4 members (excludes halogenated alkanes) is 1. The third kappa shape index (κ3) is 5.06. The monoisotopic (exact) mass is 369 g/mol. The highest BCUT2D eigenvalue weighted by Gasteiger charge is 2.49. The van der Waals surface area contributed by atoms with Gasteiger partial charge in [-0.1, -0.05) is 95.3 Å². The Bertz CT molecular complexity index is 595. The minimum absolute atomic E-state index is 0.0614. The van der Waals surface area contributed by atoms with Crippen molar-refractivity contribution in [1.82, 2.24) is 5.32 Å². The molecule has 0 aliphatic carbocycles. The topological polar surface area (TPSA) is 21.3 Å². The Labute approximate surface area is 161 Å². The molecule has 0 aliphatic rings. The molecule has 3 heteroatoms. The zero-order valence-corrected chi connectivity index (χ0v) is 18.1. The van der Waals surface area contributed by atoms with Gasteiger partial charge in [0.05, 0.1) is 0 Å². The van der Waals surface area contributed by atoms with Gasteiger partial charge >= 0.3 is 0 Å². The average Bonchev–Trinajstić information content (AvgIpc) is 2.61. The Morgan fingerprint density at radius 3 is 1.77 bits per heavy atom. The highest BCUT2D eigenvalue weighted by molar-refractivity contribution is 6.99. The van der Waals surface area contributed by atoms with E-state index < -0.39 is 8.32 Å². The van der Waals surface area contributed by atoms with E-state index in [-0.39, 0.29) is 5.04 Å². The summed E-state index contributed by atoms with van der Waals surface area (Å²) in [5.74, 6) is 0. The van der Waals surface area contributed by atoms with E-state index in [0.717, 1.165) is 26.0 Å². The average molecular weight is 370 g/mol. The van der Waals surface area contributed by atoms with Gasteiger partial charge in [0.15, 0.2) is 0 Å². The molecule has 0 saturated carbocycles. The summed E-state index contributed by atoms with van der Waals surface area (Å²) >= 11 is 0. The molecule has 1 N–H and O–H groups in total. The number of rotatable bonds is 9. The van der Waals surface area contributed by atoms with Crippen molar-refractivity contribution in [2.45, 2.75) is 58.5 Å². The molecule has 0 spiro atoms. The van der Waals surface area contributed by atoms with Crippen molar-refractivity contribution in [3.05, 3.63) is 60.7 Å². The third-order valence-corrected chi connectivity index (χ3v) is 9.90. The van der Waals surface area contributed by atoms with Crippen molar-refractivity contribution in [2.24, 2.45) is 0 Å². The molecule has 142 valence electrons. The number of benzene rings is 2. The maximum absolute atomic E-state index is 6.88. The fourth-order valence-electron chi connectivity index (χ4n) is 3.60. The molecule has 0 atom stereocenters. The molecule has 0 saturated heterocycles. The van der Waals surface area contributed by atoms with E-state index in [4.69, 9.17) is 4.43 Å². The van der Waals surface area contributed by atoms with E-state index in [1.54, 1.807) is 0 Å². The van der Waals surface area contributed by atoms with Crippen LogP contribution in [-0.4, -0.2) is 27.5 Å². The van der Waals surface area contributed by atoms with E-state index >= 15 is 0 Å². The first-order valence-electron chi connectivity index (χ1n) is 9.86. The van der Waals surface area contributed by atoms with Crippen LogP contribution in [0.3, 0.4) is 0 Å². The van der Waals surface area contributed by atoms with E-state index in [2.05, 4.69) is 101 Å². The van der Waals surface area contributed by atoms with Gasteiger partial charge in [-0.2, -0.15) is 0 Å². The van der Waals surface area contributed by atoms with Gasteiger partial charge in [0.2, 0.25) is 0 Å². The van der Waals surface area contributed by atoms with Gasteiger partial charge in [-0.15, -0.1) is 0 Å². The van der Waals surface area contributed by atoms with Crippen LogP contribution in [0.2, 0.25) is 5.04 Å². The van der Waals surface area contributed by atoms with E-state index in [1.807, 2.05) is 0 Å². The molecule has 0 unspecified atom stereocenters. The van der Waals surface area contributed by atoms with Crippen LogP contribution < -0.4 is 15.7 Å². The maximum Gasteiger partial charge on any atom is 0.261 e. The molecule has 0 aliphatic heterocycles. The molecule has 0 radical (unpaired) electrons. The van der Waals surface area contributed by atoms with E-state index in [0.29, 0.717) is 6.04 Å². The third-order valence-electron chi connectivity index (χ3n) is 4.86. The van der Waals surface area contributed by atoms with Crippen LogP contribution in [0.25, 0.3) is 0 Å². The molecule has 0 bridgehead atoms. The second-order valence-electron chi connectivity index (χ2n) is 8.33. The van der Waals surface area contributed by atoms with Crippen LogP contribution in [0.15, 0.2) is 60.7 Å². The smallest absolute Gasteiger partial charge is 0.261 e. The van der Waals surface area contributed by atoms with Gasteiger partial charge in [0, 0.05) is 12.6 Å². The summed E-state index contributed by atoms with van der Waals surface area (Å²) in [6, 6.07) is 22.3. The fourth-order valence-corrected chi connectivity index (χ4v) is 8.21. The molecule has 0 aromatic heterocycles. The molecule has 2 rings (SSSR count). The number of hydrogen-bond acceptors (Lipinski definition) is 2. The van der Waals surface area contributed by atoms with Crippen molar-refractivity contribution in [3.8, 4) is 0 Å². The van der Waals surface area contributed by atoms with Crippen molar-refractivity contribution in [2.75, 3.05) is 13.2 Å². The molecule has 0 heterocycles. The van der Waals surface area contributed by atoms with Gasteiger partial charge in [0.1, 0.15) is 0 Å². The normalized spacial score (nSPS) is 12.5. The quantitative estimate of drug-likeness (QED) is 0.524. The minimum Gasteiger partial charge on any atom is -0.407 e. The molecule has 2 aromatic carbocycles. The van der Waals surface area contributed by atoms with E-state index in [1.165, 1.54) is 10.4 Å². The summed E-state index contributed by atoms with van der Waals surface area (Å²) in [5, 5.41) is 6.27. The molecule has 2 aromatic rings. The standard InChI is InChI=1S/C23H35NOSi/c1-20(2)24-18-12-13-19-25-26(23(3,4)5,21-14-8-6-9-15-21)22-16-10-7-11-17-22/h6-11,14-17,20,24H,12-13,18-19H2,1-5H3. The Hall–Kier alpha value is -1.42. The largest absolute Gasteiger partial charge is 0.407 e. The molecular weight excluding hydrogens is 334 g/mol. The fraction of sp³-hybridized carbons (Fsp3) is 0.478. The van der Waals surface area contributed by atoms with Crippen LogP contribution in [0.5, 0.6) is 0 Å². The highest BCUT2D eigenvalue weighted by Crippen LogP contribution is 2.36. The first kappa shape index (κ1) is 20.9. The summed E-state index contributed by atoms with van der Waals surface area (Å²) in [5.41, 5.74) is 0. The summed E-state index contributed by atoms with van der Waals surface area (Å²) < 4.78 is 6.88. The Kier molecular flexibility index (Phi) is 7.63. The van der Waals surface area contributed by atoms with Crippen LogP contribution >= 0.6 is 0 Å². The lowest BCUT2D eigenvalue weighted by molar-refractivity contribution is 0.287. The number of hydrogen-bond donors (Lipinski definition) is 1. The first-order chi connectivity index (χ1) is 12.4. The zero-order chi connectivity index (χ0) is 19.0. The summed E-state index contributed by atoms with van der Waals surface area (Å²) in [6.07, 6.45) is 2.24. The molecule has 26 heavy (non-hydrogen) atoms. The van der Waals surface area contributed by atoms with Gasteiger partial charge in [0.25, 0.3) is 8.32 Å². The molecular formula is C23H35NOSi. The van der Waals surface area contributed by atoms with Gasteiger partial charge in [-0.3, -0.25) is 0 Å². The summed E-state index contributed by atoms with van der Waals surface area (Å²) in [6.45, 7) is 13.3. The lowest BCUT2D eigenvalue weighted by atomic mass is 10.2. The van der Waals surface area contributed by atoms with Crippen molar-refractivity contribution < 1.29 is 4.43 Å². The second kappa shape index (κ2) is 9.49. The summed E-state index contributed by atoms with van der Waals surface area (Å²) in [7, 11) is -2.35. The van der Waals surface area contributed by atoms with Crippen molar-refractivity contribution in [3.63, 3.8) is 0 Å². The minimum atomic E-state index is -2.35. The van der Waals surface area contributed by atoms with E-state index in [9.17, 15) is 0 Å². The van der Waals surface area contributed by atoms with Gasteiger partial charge in [-0.05, 0) is 34.8 Å². The van der Waals surface area contributed by atoms with Crippen molar-refractivity contribution in [1.29, 1.82) is 0 Å². The predicted molar refractivity (Wildman–Crippen MR) is 116 cm³/mol. The Morgan fingerprint density at radius 2 is 1.35 bits per heavy atom. The Morgan fingerprint density at radius 1 is 0.846 bits per heavy atom. The maximum atomic E-state index is 6.88. The van der Waals surface area contributed by atoms with Crippen molar-refractivity contribution >= 4 is 18.7 Å². The van der Waals surface area contributed by atoms with Crippen LogP contribution in [-0.2, 0) is 4.43 Å². The summed E-state index contributed by atoms with van der Waals surface area (Å²) in [4.78, 5) is 0. The molecule has 0 amide bonds. The van der Waals surface area contributed by atoms with Gasteiger partial charge < -0.3 is 9.74 Å². The number of nitrogens with one attached hydrogen (secondary N) is 1. The van der Waals surface area contributed by atoms with Crippen LogP contribution in [0, 0.1) is 0 Å². The second-order valence-corrected chi connectivity index (χ2v) is 12.6. The lowest BCUT2D eigenvalue weighted by Gasteiger charge is -2.43. The van der Waals surface area contributed by atoms with Crippen LogP contribution in [0.4, 0.5) is 0 Å². The zero-order valence-electron chi connectivity index (χ0n) is 17.1. The van der Waals surface area contributed by atoms with Crippen LogP contribution in [0.1, 0.15) is 47.5 Å². The highest BCUT2D eigenvalue weighted by atomic mass is 28.4. The first-order valence-corrected chi connectivity index (χ1v) is 11.8.